The van der Waals surface area contributed by atoms with Crippen molar-refractivity contribution in [2.24, 2.45) is 0 Å². The second-order valence-corrected chi connectivity index (χ2v) is 5.34. The lowest BCUT2D eigenvalue weighted by Gasteiger charge is -2.25. The quantitative estimate of drug-likeness (QED) is 0.858. The Hall–Kier alpha value is -2.04. The summed E-state index contributed by atoms with van der Waals surface area (Å²) >= 11 is 0. The number of carbonyl (C=O) groups excluding carboxylic acids is 1. The normalized spacial score (nSPS) is 11.1. The van der Waals surface area contributed by atoms with E-state index >= 15 is 0 Å². The molecule has 1 N–H and O–H groups in total. The Bertz CT molecular complexity index is 526. The second-order valence-electron chi connectivity index (χ2n) is 5.34. The van der Waals surface area contributed by atoms with Gasteiger partial charge in [-0.05, 0) is 30.0 Å². The minimum atomic E-state index is -1.08. The molecular weight excluding hydrogens is 260 g/mol. The number of carbonyl (C=O) groups is 2. The molecule has 0 atom stereocenters. The number of ether oxygens (including phenoxy) is 2. The Morgan fingerprint density at radius 1 is 1.25 bits per heavy atom. The summed E-state index contributed by atoms with van der Waals surface area (Å²) < 4.78 is 10.2. The van der Waals surface area contributed by atoms with Gasteiger partial charge in [0.1, 0.15) is 11.3 Å². The van der Waals surface area contributed by atoms with E-state index in [9.17, 15) is 14.7 Å². The summed E-state index contributed by atoms with van der Waals surface area (Å²) in [5.41, 5.74) is 0.149. The van der Waals surface area contributed by atoms with Crippen LogP contribution in [0.5, 0.6) is 5.75 Å². The number of esters is 1. The first-order chi connectivity index (χ1) is 9.23. The summed E-state index contributed by atoms with van der Waals surface area (Å²) in [5, 5.41) is 9.34. The van der Waals surface area contributed by atoms with Gasteiger partial charge in [-0.2, -0.15) is 0 Å². The van der Waals surface area contributed by atoms with Gasteiger partial charge in [0.05, 0.1) is 19.3 Å². The summed E-state index contributed by atoms with van der Waals surface area (Å²) in [5.74, 6) is -1.33. The van der Waals surface area contributed by atoms with E-state index in [2.05, 4.69) is 0 Å². The van der Waals surface area contributed by atoms with Gasteiger partial charge in [-0.1, -0.05) is 20.8 Å². The van der Waals surface area contributed by atoms with Crippen molar-refractivity contribution in [3.63, 3.8) is 0 Å². The first-order valence-corrected chi connectivity index (χ1v) is 6.35. The SMILES string of the molecule is CCOc1ccc(C(=O)O)c(C(C)(C)C)c1C(=O)OC. The molecule has 0 bridgehead atoms. The van der Waals surface area contributed by atoms with Crippen molar-refractivity contribution in [1.82, 2.24) is 0 Å². The molecule has 5 nitrogen and oxygen atoms in total. The fourth-order valence-corrected chi connectivity index (χ4v) is 2.12. The number of hydrogen-bond acceptors (Lipinski definition) is 4. The van der Waals surface area contributed by atoms with Gasteiger partial charge in [-0.25, -0.2) is 9.59 Å². The zero-order valence-corrected chi connectivity index (χ0v) is 12.4. The maximum Gasteiger partial charge on any atom is 0.341 e. The molecule has 0 aromatic heterocycles. The Morgan fingerprint density at radius 3 is 2.25 bits per heavy atom. The van der Waals surface area contributed by atoms with Crippen LogP contribution in [-0.2, 0) is 10.2 Å². The molecule has 1 aromatic rings. The molecule has 0 aliphatic carbocycles. The molecule has 0 fully saturated rings. The third kappa shape index (κ3) is 3.10. The minimum Gasteiger partial charge on any atom is -0.493 e. The maximum atomic E-state index is 12.1. The highest BCUT2D eigenvalue weighted by Crippen LogP contribution is 2.35. The molecule has 5 heteroatoms. The Balaban J connectivity index is 3.73. The van der Waals surface area contributed by atoms with Crippen molar-refractivity contribution < 1.29 is 24.2 Å². The standard InChI is InChI=1S/C15H20O5/c1-6-20-10-8-7-9(13(16)17)12(15(2,3)4)11(10)14(18)19-5/h7-8H,6H2,1-5H3,(H,16,17). The number of carboxylic acids is 1. The molecule has 1 rings (SSSR count). The molecule has 1 aromatic carbocycles. The van der Waals surface area contributed by atoms with E-state index < -0.39 is 17.4 Å². The number of hydrogen-bond donors (Lipinski definition) is 1. The Kier molecular flexibility index (Phi) is 4.76. The lowest BCUT2D eigenvalue weighted by Crippen LogP contribution is -2.23. The molecule has 0 saturated carbocycles. The summed E-state index contributed by atoms with van der Waals surface area (Å²) in [6, 6.07) is 2.95. The summed E-state index contributed by atoms with van der Waals surface area (Å²) in [6.07, 6.45) is 0. The van der Waals surface area contributed by atoms with Crippen molar-refractivity contribution in [3.8, 4) is 5.75 Å². The summed E-state index contributed by atoms with van der Waals surface area (Å²) in [4.78, 5) is 23.5. The fourth-order valence-electron chi connectivity index (χ4n) is 2.12. The number of benzene rings is 1. The molecule has 110 valence electrons. The molecule has 0 aliphatic heterocycles. The van der Waals surface area contributed by atoms with Crippen molar-refractivity contribution in [3.05, 3.63) is 28.8 Å². The van der Waals surface area contributed by atoms with Gasteiger partial charge >= 0.3 is 11.9 Å². The highest BCUT2D eigenvalue weighted by atomic mass is 16.5. The average molecular weight is 280 g/mol. The van der Waals surface area contributed by atoms with E-state index in [1.165, 1.54) is 19.2 Å². The van der Waals surface area contributed by atoms with Crippen LogP contribution < -0.4 is 4.74 Å². The molecule has 0 amide bonds. The number of aromatic carboxylic acids is 1. The van der Waals surface area contributed by atoms with E-state index in [1.54, 1.807) is 6.92 Å². The van der Waals surface area contributed by atoms with Gasteiger partial charge in [0.25, 0.3) is 0 Å². The number of carboxylic acid groups (broad SMARTS) is 1. The third-order valence-corrected chi connectivity index (χ3v) is 2.84. The zero-order valence-electron chi connectivity index (χ0n) is 12.4. The van der Waals surface area contributed by atoms with Gasteiger partial charge in [-0.3, -0.25) is 0 Å². The van der Waals surface area contributed by atoms with Crippen LogP contribution >= 0.6 is 0 Å². The topological polar surface area (TPSA) is 72.8 Å². The van der Waals surface area contributed by atoms with Gasteiger partial charge in [0, 0.05) is 0 Å². The van der Waals surface area contributed by atoms with Gasteiger partial charge in [0.15, 0.2) is 0 Å². The smallest absolute Gasteiger partial charge is 0.341 e. The summed E-state index contributed by atoms with van der Waals surface area (Å²) in [6.45, 7) is 7.70. The van der Waals surface area contributed by atoms with E-state index in [0.717, 1.165) is 0 Å². The summed E-state index contributed by atoms with van der Waals surface area (Å²) in [7, 11) is 1.26. The van der Waals surface area contributed by atoms with Crippen LogP contribution in [0.15, 0.2) is 12.1 Å². The van der Waals surface area contributed by atoms with E-state index in [1.807, 2.05) is 20.8 Å². The van der Waals surface area contributed by atoms with Crippen LogP contribution in [0.4, 0.5) is 0 Å². The second kappa shape index (κ2) is 5.94. The fraction of sp³-hybridized carbons (Fsp3) is 0.467. The largest absolute Gasteiger partial charge is 0.493 e. The number of methoxy groups -OCH3 is 1. The minimum absolute atomic E-state index is 0.0846. The van der Waals surface area contributed by atoms with E-state index in [-0.39, 0.29) is 11.1 Å². The van der Waals surface area contributed by atoms with E-state index in [4.69, 9.17) is 9.47 Å². The lowest BCUT2D eigenvalue weighted by molar-refractivity contribution is 0.0593. The average Bonchev–Trinajstić information content (AvgIpc) is 2.36. The zero-order chi connectivity index (χ0) is 15.5. The van der Waals surface area contributed by atoms with Gasteiger partial charge < -0.3 is 14.6 Å². The van der Waals surface area contributed by atoms with Crippen LogP contribution in [0.1, 0.15) is 54.0 Å². The lowest BCUT2D eigenvalue weighted by atomic mass is 9.80. The molecule has 0 unspecified atom stereocenters. The Labute approximate surface area is 118 Å². The molecule has 0 radical (unpaired) electrons. The van der Waals surface area contributed by atoms with Crippen molar-refractivity contribution >= 4 is 11.9 Å². The first-order valence-electron chi connectivity index (χ1n) is 6.35. The molecular formula is C15H20O5. The van der Waals surface area contributed by atoms with Crippen LogP contribution in [0.3, 0.4) is 0 Å². The van der Waals surface area contributed by atoms with Gasteiger partial charge in [-0.15, -0.1) is 0 Å². The molecule has 0 heterocycles. The van der Waals surface area contributed by atoms with Crippen molar-refractivity contribution in [2.45, 2.75) is 33.1 Å². The highest BCUT2D eigenvalue weighted by Gasteiger charge is 2.31. The molecule has 20 heavy (non-hydrogen) atoms. The van der Waals surface area contributed by atoms with Crippen LogP contribution in [-0.4, -0.2) is 30.8 Å². The number of rotatable bonds is 4. The van der Waals surface area contributed by atoms with E-state index in [0.29, 0.717) is 17.9 Å². The predicted molar refractivity (Wildman–Crippen MR) is 74.6 cm³/mol. The predicted octanol–water partition coefficient (Wildman–Crippen LogP) is 2.87. The molecule has 0 spiro atoms. The third-order valence-electron chi connectivity index (χ3n) is 2.84. The highest BCUT2D eigenvalue weighted by molar-refractivity contribution is 6.00. The van der Waals surface area contributed by atoms with Crippen LogP contribution in [0.2, 0.25) is 0 Å². The van der Waals surface area contributed by atoms with Crippen molar-refractivity contribution in [2.75, 3.05) is 13.7 Å². The Morgan fingerprint density at radius 2 is 1.85 bits per heavy atom. The van der Waals surface area contributed by atoms with Crippen LogP contribution in [0.25, 0.3) is 0 Å². The van der Waals surface area contributed by atoms with Gasteiger partial charge in [0.2, 0.25) is 0 Å². The molecule has 0 aliphatic rings. The molecule has 0 saturated heterocycles. The van der Waals surface area contributed by atoms with Crippen molar-refractivity contribution in [1.29, 1.82) is 0 Å². The maximum absolute atomic E-state index is 12.1. The first kappa shape index (κ1) is 16.0. The monoisotopic (exact) mass is 280 g/mol. The van der Waals surface area contributed by atoms with Crippen LogP contribution in [0, 0.1) is 0 Å².